The lowest BCUT2D eigenvalue weighted by Gasteiger charge is -2.34. The average molecular weight is 218 g/mol. The Balaban J connectivity index is 1.90. The number of rotatable bonds is 1. The number of carbonyl (C=O) groups excluding carboxylic acids is 1. The lowest BCUT2D eigenvalue weighted by atomic mass is 9.89. The number of carbonyl (C=O) groups is 1. The molecule has 0 spiro atoms. The van der Waals surface area contributed by atoms with Gasteiger partial charge in [0.05, 0.1) is 6.04 Å². The second-order valence-electron chi connectivity index (χ2n) is 4.25. The molecule has 0 radical (unpaired) electrons. The Kier molecular flexibility index (Phi) is 2.29. The molecule has 3 atom stereocenters. The van der Waals surface area contributed by atoms with Crippen molar-refractivity contribution in [3.63, 3.8) is 0 Å². The molecule has 4 nitrogen and oxygen atoms in total. The molecule has 2 amide bonds. The Morgan fingerprint density at radius 3 is 2.81 bits per heavy atom. The Bertz CT molecular complexity index is 393. The number of urea groups is 1. The van der Waals surface area contributed by atoms with Gasteiger partial charge in [-0.2, -0.15) is 0 Å². The Hall–Kier alpha value is -1.55. The van der Waals surface area contributed by atoms with Crippen molar-refractivity contribution in [2.24, 2.45) is 5.92 Å². The molecule has 4 heteroatoms. The zero-order valence-corrected chi connectivity index (χ0v) is 8.85. The fourth-order valence-electron chi connectivity index (χ4n) is 2.51. The minimum absolute atomic E-state index is 0.0717. The molecule has 16 heavy (non-hydrogen) atoms. The van der Waals surface area contributed by atoms with E-state index < -0.39 is 0 Å². The largest absolute Gasteiger partial charge is 0.358 e. The zero-order valence-electron chi connectivity index (χ0n) is 8.85. The van der Waals surface area contributed by atoms with Gasteiger partial charge in [-0.3, -0.25) is 0 Å². The van der Waals surface area contributed by atoms with Crippen molar-refractivity contribution >= 4 is 6.03 Å². The second kappa shape index (κ2) is 3.79. The molecule has 3 rings (SSSR count). The predicted octanol–water partition coefficient (Wildman–Crippen LogP) is 1.40. The molecule has 2 saturated heterocycles. The average Bonchev–Trinajstić information content (AvgIpc) is 2.77. The normalized spacial score (nSPS) is 32.8. The van der Waals surface area contributed by atoms with Crippen molar-refractivity contribution in [1.82, 2.24) is 10.6 Å². The highest BCUT2D eigenvalue weighted by Crippen LogP contribution is 2.34. The fraction of sp³-hybridized carbons (Fsp3) is 0.417. The van der Waals surface area contributed by atoms with Gasteiger partial charge in [-0.1, -0.05) is 30.3 Å². The third-order valence-corrected chi connectivity index (χ3v) is 3.28. The first-order valence-corrected chi connectivity index (χ1v) is 5.58. The van der Waals surface area contributed by atoms with Crippen LogP contribution in [0.5, 0.6) is 0 Å². The first-order valence-electron chi connectivity index (χ1n) is 5.58. The lowest BCUT2D eigenvalue weighted by molar-refractivity contribution is 0.0487. The van der Waals surface area contributed by atoms with E-state index in [1.165, 1.54) is 0 Å². The minimum Gasteiger partial charge on any atom is -0.358 e. The van der Waals surface area contributed by atoms with Crippen molar-refractivity contribution in [3.8, 4) is 0 Å². The van der Waals surface area contributed by atoms with Crippen molar-refractivity contribution in [2.45, 2.75) is 18.7 Å². The standard InChI is InChI=1S/C12H14N2O2/c15-12-13-10(8-4-2-1-3-5-8)9-6-7-16-11(9)14-12/h1-5,9-11H,6-7H2,(H2,13,14,15)/t9-,10-,11-/m1/s1. The highest BCUT2D eigenvalue weighted by atomic mass is 16.5. The van der Waals surface area contributed by atoms with Gasteiger partial charge in [0.15, 0.2) is 0 Å². The van der Waals surface area contributed by atoms with Crippen LogP contribution in [0.25, 0.3) is 0 Å². The quantitative estimate of drug-likeness (QED) is 0.748. The van der Waals surface area contributed by atoms with Gasteiger partial charge < -0.3 is 15.4 Å². The van der Waals surface area contributed by atoms with Crippen LogP contribution in [0.15, 0.2) is 30.3 Å². The van der Waals surface area contributed by atoms with E-state index in [2.05, 4.69) is 10.6 Å². The third kappa shape index (κ3) is 1.55. The van der Waals surface area contributed by atoms with E-state index in [1.54, 1.807) is 0 Å². The van der Waals surface area contributed by atoms with Crippen LogP contribution >= 0.6 is 0 Å². The highest BCUT2D eigenvalue weighted by molar-refractivity contribution is 5.75. The summed E-state index contributed by atoms with van der Waals surface area (Å²) in [5, 5.41) is 5.78. The molecule has 0 bridgehead atoms. The van der Waals surface area contributed by atoms with Crippen LogP contribution < -0.4 is 10.6 Å². The molecule has 2 fully saturated rings. The summed E-state index contributed by atoms with van der Waals surface area (Å²) in [5.74, 6) is 0.333. The molecule has 84 valence electrons. The maximum absolute atomic E-state index is 11.5. The molecule has 1 aromatic rings. The number of amides is 2. The molecule has 0 unspecified atom stereocenters. The van der Waals surface area contributed by atoms with E-state index in [-0.39, 0.29) is 18.3 Å². The summed E-state index contributed by atoms with van der Waals surface area (Å²) in [5.41, 5.74) is 1.15. The van der Waals surface area contributed by atoms with Crippen LogP contribution in [0.1, 0.15) is 18.0 Å². The summed E-state index contributed by atoms with van der Waals surface area (Å²) >= 11 is 0. The van der Waals surface area contributed by atoms with Crippen LogP contribution in [0, 0.1) is 5.92 Å². The number of hydrogen-bond acceptors (Lipinski definition) is 2. The topological polar surface area (TPSA) is 50.4 Å². The van der Waals surface area contributed by atoms with Crippen LogP contribution in [-0.4, -0.2) is 18.9 Å². The SMILES string of the molecule is O=C1N[C@@H]2OCC[C@@H]2[C@@H](c2ccccc2)N1. The van der Waals surface area contributed by atoms with E-state index in [4.69, 9.17) is 4.74 Å². The first-order chi connectivity index (χ1) is 7.84. The van der Waals surface area contributed by atoms with Crippen molar-refractivity contribution in [1.29, 1.82) is 0 Å². The number of benzene rings is 1. The molecule has 1 aromatic carbocycles. The van der Waals surface area contributed by atoms with Crippen LogP contribution in [0.4, 0.5) is 4.79 Å². The molecule has 2 heterocycles. The van der Waals surface area contributed by atoms with Gasteiger partial charge in [-0.05, 0) is 12.0 Å². The van der Waals surface area contributed by atoms with E-state index in [9.17, 15) is 4.79 Å². The number of nitrogens with one attached hydrogen (secondary N) is 2. The smallest absolute Gasteiger partial charge is 0.317 e. The van der Waals surface area contributed by atoms with Crippen LogP contribution in [0.3, 0.4) is 0 Å². The van der Waals surface area contributed by atoms with Gasteiger partial charge >= 0.3 is 6.03 Å². The molecular weight excluding hydrogens is 204 g/mol. The van der Waals surface area contributed by atoms with E-state index in [1.807, 2.05) is 30.3 Å². The van der Waals surface area contributed by atoms with Gasteiger partial charge in [0.2, 0.25) is 0 Å². The van der Waals surface area contributed by atoms with Crippen LogP contribution in [-0.2, 0) is 4.74 Å². The maximum Gasteiger partial charge on any atom is 0.317 e. The van der Waals surface area contributed by atoms with E-state index in [0.717, 1.165) is 18.6 Å². The van der Waals surface area contributed by atoms with Crippen molar-refractivity contribution < 1.29 is 9.53 Å². The maximum atomic E-state index is 11.5. The van der Waals surface area contributed by atoms with Crippen molar-refractivity contribution in [2.75, 3.05) is 6.61 Å². The summed E-state index contributed by atoms with van der Waals surface area (Å²) in [6, 6.07) is 9.99. The van der Waals surface area contributed by atoms with Gasteiger partial charge in [0.1, 0.15) is 6.23 Å². The van der Waals surface area contributed by atoms with Gasteiger partial charge in [-0.25, -0.2) is 4.79 Å². The summed E-state index contributed by atoms with van der Waals surface area (Å²) in [6.07, 6.45) is 0.858. The fourth-order valence-corrected chi connectivity index (χ4v) is 2.51. The van der Waals surface area contributed by atoms with Crippen LogP contribution in [0.2, 0.25) is 0 Å². The molecule has 2 N–H and O–H groups in total. The highest BCUT2D eigenvalue weighted by Gasteiger charge is 2.40. The summed E-state index contributed by atoms with van der Waals surface area (Å²) in [6.45, 7) is 0.723. The number of fused-ring (bicyclic) bond motifs is 1. The lowest BCUT2D eigenvalue weighted by Crippen LogP contribution is -2.54. The Morgan fingerprint density at radius 2 is 2.00 bits per heavy atom. The summed E-state index contributed by atoms with van der Waals surface area (Å²) in [4.78, 5) is 11.5. The summed E-state index contributed by atoms with van der Waals surface area (Å²) < 4.78 is 5.51. The third-order valence-electron chi connectivity index (χ3n) is 3.28. The first kappa shape index (κ1) is 9.66. The van der Waals surface area contributed by atoms with E-state index >= 15 is 0 Å². The molecule has 0 aromatic heterocycles. The molecule has 0 saturated carbocycles. The van der Waals surface area contributed by atoms with E-state index in [0.29, 0.717) is 5.92 Å². The minimum atomic E-state index is -0.142. The van der Waals surface area contributed by atoms with Crippen molar-refractivity contribution in [3.05, 3.63) is 35.9 Å². The number of hydrogen-bond donors (Lipinski definition) is 2. The molecule has 2 aliphatic rings. The monoisotopic (exact) mass is 218 g/mol. The Morgan fingerprint density at radius 1 is 1.19 bits per heavy atom. The molecular formula is C12H14N2O2. The van der Waals surface area contributed by atoms with Gasteiger partial charge in [-0.15, -0.1) is 0 Å². The molecule has 2 aliphatic heterocycles. The zero-order chi connectivity index (χ0) is 11.0. The number of ether oxygens (including phenoxy) is 1. The van der Waals surface area contributed by atoms with Gasteiger partial charge in [0, 0.05) is 12.5 Å². The predicted molar refractivity (Wildman–Crippen MR) is 58.7 cm³/mol. The molecule has 0 aliphatic carbocycles. The summed E-state index contributed by atoms with van der Waals surface area (Å²) in [7, 11) is 0. The second-order valence-corrected chi connectivity index (χ2v) is 4.25. The Labute approximate surface area is 94.0 Å². The van der Waals surface area contributed by atoms with Gasteiger partial charge in [0.25, 0.3) is 0 Å².